The van der Waals surface area contributed by atoms with Crippen LogP contribution in [-0.2, 0) is 4.79 Å². The summed E-state index contributed by atoms with van der Waals surface area (Å²) in [7, 11) is 0. The van der Waals surface area contributed by atoms with Gasteiger partial charge >= 0.3 is 0 Å². The maximum absolute atomic E-state index is 12.1. The quantitative estimate of drug-likeness (QED) is 0.380. The van der Waals surface area contributed by atoms with E-state index in [1.54, 1.807) is 0 Å². The standard InChI is InChI=1S/C15H14O6/c1-15(2,21)6-5-9(18)12-13(19)10-7(16)3-4-8(17)11(10)14(12)20/h3-6,16-17,19,21H,1-2H3/b6-5-. The molecule has 1 aromatic rings. The molecule has 110 valence electrons. The molecule has 1 aromatic carbocycles. The molecule has 2 rings (SSSR count). The monoisotopic (exact) mass is 290 g/mol. The minimum atomic E-state index is -1.26. The molecule has 0 bridgehead atoms. The Labute approximate surface area is 120 Å². The molecule has 4 N–H and O–H groups in total. The molecule has 0 saturated carbocycles. The summed E-state index contributed by atoms with van der Waals surface area (Å²) in [6.45, 7) is 2.88. The number of fused-ring (bicyclic) bond motifs is 1. The van der Waals surface area contributed by atoms with E-state index < -0.39 is 40.0 Å². The van der Waals surface area contributed by atoms with Crippen molar-refractivity contribution in [3.05, 3.63) is 41.0 Å². The van der Waals surface area contributed by atoms with Crippen LogP contribution in [0.1, 0.15) is 29.8 Å². The van der Waals surface area contributed by atoms with Crippen LogP contribution in [-0.4, -0.2) is 37.6 Å². The van der Waals surface area contributed by atoms with Crippen molar-refractivity contribution >= 4 is 17.3 Å². The summed E-state index contributed by atoms with van der Waals surface area (Å²) in [6.07, 6.45) is 2.13. The van der Waals surface area contributed by atoms with Gasteiger partial charge in [0.15, 0.2) is 5.78 Å². The third-order valence-electron chi connectivity index (χ3n) is 2.98. The van der Waals surface area contributed by atoms with Gasteiger partial charge in [0.1, 0.15) is 22.8 Å². The summed E-state index contributed by atoms with van der Waals surface area (Å²) in [6, 6.07) is 2.21. The average molecular weight is 290 g/mol. The third kappa shape index (κ3) is 2.53. The summed E-state index contributed by atoms with van der Waals surface area (Å²) in [5.74, 6) is -3.23. The van der Waals surface area contributed by atoms with Crippen LogP contribution in [0.5, 0.6) is 11.5 Å². The highest BCUT2D eigenvalue weighted by atomic mass is 16.3. The van der Waals surface area contributed by atoms with E-state index in [1.807, 2.05) is 0 Å². The second kappa shape index (κ2) is 4.75. The molecule has 21 heavy (non-hydrogen) atoms. The highest BCUT2D eigenvalue weighted by Gasteiger charge is 2.37. The molecule has 6 nitrogen and oxygen atoms in total. The van der Waals surface area contributed by atoms with Gasteiger partial charge in [-0.2, -0.15) is 0 Å². The van der Waals surface area contributed by atoms with Crippen molar-refractivity contribution in [1.29, 1.82) is 0 Å². The molecular weight excluding hydrogens is 276 g/mol. The first kappa shape index (κ1) is 14.8. The molecule has 0 heterocycles. The van der Waals surface area contributed by atoms with E-state index in [4.69, 9.17) is 0 Å². The number of hydrogen-bond acceptors (Lipinski definition) is 6. The number of rotatable bonds is 3. The molecule has 1 aliphatic carbocycles. The molecule has 0 fully saturated rings. The number of Topliss-reactive ketones (excluding diaryl/α,β-unsaturated/α-hetero) is 1. The zero-order chi connectivity index (χ0) is 15.9. The molecule has 0 amide bonds. The van der Waals surface area contributed by atoms with Crippen molar-refractivity contribution in [3.63, 3.8) is 0 Å². The number of carbonyl (C=O) groups excluding carboxylic acids is 2. The molecule has 0 aliphatic heterocycles. The van der Waals surface area contributed by atoms with Crippen LogP contribution < -0.4 is 0 Å². The number of hydrogen-bond donors (Lipinski definition) is 4. The van der Waals surface area contributed by atoms with E-state index in [-0.39, 0.29) is 11.1 Å². The summed E-state index contributed by atoms with van der Waals surface area (Å²) in [4.78, 5) is 24.1. The van der Waals surface area contributed by atoms with Gasteiger partial charge in [0.2, 0.25) is 5.78 Å². The Hall–Kier alpha value is -2.60. The third-order valence-corrected chi connectivity index (χ3v) is 2.98. The largest absolute Gasteiger partial charge is 0.507 e. The maximum Gasteiger partial charge on any atom is 0.205 e. The van der Waals surface area contributed by atoms with Crippen LogP contribution in [0, 0.1) is 0 Å². The SMILES string of the molecule is CC(C)(O)/C=C\C(=O)C1=C(O)c2c(O)ccc(O)c2C1=O. The Bertz CT molecular complexity index is 704. The fourth-order valence-electron chi connectivity index (χ4n) is 2.00. The number of ketones is 2. The van der Waals surface area contributed by atoms with Crippen LogP contribution in [0.25, 0.3) is 5.76 Å². The van der Waals surface area contributed by atoms with Crippen molar-refractivity contribution in [1.82, 2.24) is 0 Å². The fourth-order valence-corrected chi connectivity index (χ4v) is 2.00. The molecule has 6 heteroatoms. The van der Waals surface area contributed by atoms with Crippen molar-refractivity contribution in [2.45, 2.75) is 19.4 Å². The number of phenolic OH excluding ortho intramolecular Hbond substituents is 2. The molecule has 0 saturated heterocycles. The number of aromatic hydroxyl groups is 2. The average Bonchev–Trinajstić information content (AvgIpc) is 2.63. The van der Waals surface area contributed by atoms with E-state index >= 15 is 0 Å². The van der Waals surface area contributed by atoms with Gasteiger partial charge in [0.25, 0.3) is 0 Å². The topological polar surface area (TPSA) is 115 Å². The minimum absolute atomic E-state index is 0.264. The highest BCUT2D eigenvalue weighted by molar-refractivity contribution is 6.37. The first-order chi connectivity index (χ1) is 9.63. The predicted octanol–water partition coefficient (Wildman–Crippen LogP) is 1.46. The predicted molar refractivity (Wildman–Crippen MR) is 74.1 cm³/mol. The van der Waals surface area contributed by atoms with Gasteiger partial charge in [-0.15, -0.1) is 0 Å². The smallest absolute Gasteiger partial charge is 0.205 e. The first-order valence-electron chi connectivity index (χ1n) is 6.12. The van der Waals surface area contributed by atoms with E-state index in [2.05, 4.69) is 0 Å². The van der Waals surface area contributed by atoms with Crippen LogP contribution in [0.4, 0.5) is 0 Å². The normalized spacial score (nSPS) is 14.9. The number of benzene rings is 1. The Morgan fingerprint density at radius 1 is 1.10 bits per heavy atom. The number of phenols is 2. The lowest BCUT2D eigenvalue weighted by atomic mass is 10.0. The van der Waals surface area contributed by atoms with E-state index in [1.165, 1.54) is 19.9 Å². The number of aliphatic hydroxyl groups excluding tert-OH is 1. The summed E-state index contributed by atoms with van der Waals surface area (Å²) < 4.78 is 0. The Morgan fingerprint density at radius 3 is 2.10 bits per heavy atom. The lowest BCUT2D eigenvalue weighted by Gasteiger charge is -2.09. The first-order valence-corrected chi connectivity index (χ1v) is 6.12. The molecule has 0 aromatic heterocycles. The van der Waals surface area contributed by atoms with Gasteiger partial charge in [-0.25, -0.2) is 0 Å². The van der Waals surface area contributed by atoms with Crippen molar-refractivity contribution in [3.8, 4) is 11.5 Å². The molecule has 0 atom stereocenters. The second-order valence-corrected chi connectivity index (χ2v) is 5.26. The molecule has 0 radical (unpaired) electrons. The van der Waals surface area contributed by atoms with Crippen LogP contribution in [0.15, 0.2) is 29.9 Å². The lowest BCUT2D eigenvalue weighted by Crippen LogP contribution is -2.16. The summed E-state index contributed by atoms with van der Waals surface area (Å²) in [5, 5.41) is 38.8. The van der Waals surface area contributed by atoms with E-state index in [9.17, 15) is 30.0 Å². The van der Waals surface area contributed by atoms with Gasteiger partial charge < -0.3 is 20.4 Å². The molecule has 0 spiro atoms. The number of allylic oxidation sites excluding steroid dienone is 2. The number of carbonyl (C=O) groups is 2. The highest BCUT2D eigenvalue weighted by Crippen LogP contribution is 2.41. The molecule has 0 unspecified atom stereocenters. The lowest BCUT2D eigenvalue weighted by molar-refractivity contribution is -0.111. The van der Waals surface area contributed by atoms with Crippen molar-refractivity contribution in [2.75, 3.05) is 0 Å². The van der Waals surface area contributed by atoms with Crippen LogP contribution >= 0.6 is 0 Å². The van der Waals surface area contributed by atoms with E-state index in [0.29, 0.717) is 0 Å². The van der Waals surface area contributed by atoms with E-state index in [0.717, 1.165) is 18.2 Å². The molecule has 1 aliphatic rings. The van der Waals surface area contributed by atoms with Gasteiger partial charge in [0, 0.05) is 0 Å². The van der Waals surface area contributed by atoms with Gasteiger partial charge in [-0.3, -0.25) is 9.59 Å². The Balaban J connectivity index is 2.51. The van der Waals surface area contributed by atoms with Gasteiger partial charge in [-0.05, 0) is 38.1 Å². The minimum Gasteiger partial charge on any atom is -0.507 e. The fraction of sp³-hybridized carbons (Fsp3) is 0.200. The Kier molecular flexibility index (Phi) is 3.35. The van der Waals surface area contributed by atoms with Crippen LogP contribution in [0.2, 0.25) is 0 Å². The Morgan fingerprint density at radius 2 is 1.62 bits per heavy atom. The molecular formula is C15H14O6. The van der Waals surface area contributed by atoms with Gasteiger partial charge in [-0.1, -0.05) is 0 Å². The van der Waals surface area contributed by atoms with Gasteiger partial charge in [0.05, 0.1) is 16.7 Å². The summed E-state index contributed by atoms with van der Waals surface area (Å²) in [5.41, 5.74) is -2.39. The zero-order valence-electron chi connectivity index (χ0n) is 11.4. The van der Waals surface area contributed by atoms with Crippen molar-refractivity contribution < 1.29 is 30.0 Å². The van der Waals surface area contributed by atoms with Crippen LogP contribution in [0.3, 0.4) is 0 Å². The number of aliphatic hydroxyl groups is 2. The summed E-state index contributed by atoms with van der Waals surface area (Å²) >= 11 is 0. The van der Waals surface area contributed by atoms with Crippen molar-refractivity contribution in [2.24, 2.45) is 0 Å². The second-order valence-electron chi connectivity index (χ2n) is 5.26. The maximum atomic E-state index is 12.1. The zero-order valence-corrected chi connectivity index (χ0v) is 11.4.